The number of rotatable bonds is 4. The molecule has 0 bridgehead atoms. The third-order valence-electron chi connectivity index (χ3n) is 3.11. The minimum atomic E-state index is -0.164. The third-order valence-corrected chi connectivity index (χ3v) is 5.10. The highest BCUT2D eigenvalue weighted by atomic mass is 32.2. The number of urea groups is 1. The average molecular weight is 300 g/mol. The van der Waals surface area contributed by atoms with Crippen molar-refractivity contribution in [2.45, 2.75) is 50.8 Å². The van der Waals surface area contributed by atoms with Gasteiger partial charge in [0.25, 0.3) is 0 Å². The summed E-state index contributed by atoms with van der Waals surface area (Å²) in [6.07, 6.45) is 4.61. The van der Waals surface area contributed by atoms with Gasteiger partial charge in [-0.3, -0.25) is 5.32 Å². The lowest BCUT2D eigenvalue weighted by Crippen LogP contribution is -2.41. The van der Waals surface area contributed by atoms with Gasteiger partial charge in [-0.2, -0.15) is 11.8 Å². The predicted molar refractivity (Wildman–Crippen MR) is 81.0 cm³/mol. The van der Waals surface area contributed by atoms with E-state index >= 15 is 0 Å². The Hall–Kier alpha value is -0.820. The summed E-state index contributed by atoms with van der Waals surface area (Å²) in [4.78, 5) is 11.9. The standard InChI is InChI=1S/C12H20N4OS2/c1-3-18-10-6-4-5-9(7-10)13-11(17)14-12-16-15-8(2)19-12/h9-10H,3-7H2,1-2H3,(H2,13,14,16,17)/t9-,10+/m1/s1. The quantitative estimate of drug-likeness (QED) is 0.897. The van der Waals surface area contributed by atoms with E-state index in [2.05, 4.69) is 27.8 Å². The summed E-state index contributed by atoms with van der Waals surface area (Å²) in [5.41, 5.74) is 0. The first kappa shape index (κ1) is 14.6. The molecule has 1 aromatic rings. The Morgan fingerprint density at radius 1 is 1.47 bits per heavy atom. The Balaban J connectivity index is 1.78. The van der Waals surface area contributed by atoms with Crippen molar-refractivity contribution >= 4 is 34.3 Å². The normalized spacial score (nSPS) is 23.1. The maximum absolute atomic E-state index is 11.9. The molecule has 106 valence electrons. The van der Waals surface area contributed by atoms with E-state index in [1.807, 2.05) is 18.7 Å². The van der Waals surface area contributed by atoms with Gasteiger partial charge in [0, 0.05) is 11.3 Å². The maximum Gasteiger partial charge on any atom is 0.321 e. The van der Waals surface area contributed by atoms with Gasteiger partial charge < -0.3 is 5.32 Å². The van der Waals surface area contributed by atoms with Crippen molar-refractivity contribution in [2.75, 3.05) is 11.1 Å². The van der Waals surface area contributed by atoms with E-state index in [0.29, 0.717) is 10.4 Å². The number of amides is 2. The lowest BCUT2D eigenvalue weighted by Gasteiger charge is -2.29. The highest BCUT2D eigenvalue weighted by molar-refractivity contribution is 7.99. The Kier molecular flexibility index (Phi) is 5.45. The first-order chi connectivity index (χ1) is 9.17. The zero-order valence-corrected chi connectivity index (χ0v) is 12.9. The number of aromatic nitrogens is 2. The molecule has 0 radical (unpaired) electrons. The van der Waals surface area contributed by atoms with E-state index in [0.717, 1.165) is 23.6 Å². The van der Waals surface area contributed by atoms with Crippen LogP contribution in [0.2, 0.25) is 0 Å². The molecule has 0 aliphatic heterocycles. The number of carbonyl (C=O) groups excluding carboxylic acids is 1. The molecule has 2 atom stereocenters. The molecule has 1 saturated carbocycles. The monoisotopic (exact) mass is 300 g/mol. The predicted octanol–water partition coefficient (Wildman–Crippen LogP) is 3.03. The fourth-order valence-electron chi connectivity index (χ4n) is 2.33. The summed E-state index contributed by atoms with van der Waals surface area (Å²) in [7, 11) is 0. The van der Waals surface area contributed by atoms with Crippen LogP contribution in [0.5, 0.6) is 0 Å². The van der Waals surface area contributed by atoms with Crippen LogP contribution in [0.15, 0.2) is 0 Å². The molecule has 1 aliphatic rings. The number of nitrogens with zero attached hydrogens (tertiary/aromatic N) is 2. The molecular weight excluding hydrogens is 280 g/mol. The van der Waals surface area contributed by atoms with Crippen molar-refractivity contribution in [3.8, 4) is 0 Å². The molecule has 2 N–H and O–H groups in total. The van der Waals surface area contributed by atoms with Gasteiger partial charge in [-0.1, -0.05) is 24.7 Å². The van der Waals surface area contributed by atoms with Crippen LogP contribution < -0.4 is 10.6 Å². The number of aryl methyl sites for hydroxylation is 1. The van der Waals surface area contributed by atoms with Crippen molar-refractivity contribution in [3.63, 3.8) is 0 Å². The van der Waals surface area contributed by atoms with Crippen LogP contribution in [0.25, 0.3) is 0 Å². The molecule has 0 spiro atoms. The van der Waals surface area contributed by atoms with Crippen LogP contribution in [-0.2, 0) is 0 Å². The highest BCUT2D eigenvalue weighted by Crippen LogP contribution is 2.28. The number of carbonyl (C=O) groups is 1. The van der Waals surface area contributed by atoms with Crippen molar-refractivity contribution in [2.24, 2.45) is 0 Å². The lowest BCUT2D eigenvalue weighted by atomic mass is 9.95. The molecule has 7 heteroatoms. The SMILES string of the molecule is CCS[C@H]1CCC[C@@H](NC(=O)Nc2nnc(C)s2)C1. The molecule has 0 saturated heterocycles. The second-order valence-corrected chi connectivity index (χ2v) is 7.42. The first-order valence-corrected chi connectivity index (χ1v) is 8.53. The minimum Gasteiger partial charge on any atom is -0.335 e. The molecule has 2 amide bonds. The molecule has 0 unspecified atom stereocenters. The number of hydrogen-bond acceptors (Lipinski definition) is 5. The fraction of sp³-hybridized carbons (Fsp3) is 0.750. The number of nitrogens with one attached hydrogen (secondary N) is 2. The number of anilines is 1. The van der Waals surface area contributed by atoms with Gasteiger partial charge in [0.2, 0.25) is 5.13 Å². The van der Waals surface area contributed by atoms with Gasteiger partial charge in [0.15, 0.2) is 0 Å². The van der Waals surface area contributed by atoms with E-state index in [1.165, 1.54) is 24.2 Å². The summed E-state index contributed by atoms with van der Waals surface area (Å²) in [5.74, 6) is 1.15. The van der Waals surface area contributed by atoms with Crippen LogP contribution in [0, 0.1) is 6.92 Å². The number of hydrogen-bond donors (Lipinski definition) is 2. The molecule has 1 aromatic heterocycles. The molecule has 19 heavy (non-hydrogen) atoms. The molecule has 1 heterocycles. The molecule has 2 rings (SSSR count). The Morgan fingerprint density at radius 2 is 2.32 bits per heavy atom. The van der Waals surface area contributed by atoms with Crippen molar-refractivity contribution in [1.82, 2.24) is 15.5 Å². The maximum atomic E-state index is 11.9. The van der Waals surface area contributed by atoms with Crippen LogP contribution in [0.3, 0.4) is 0 Å². The van der Waals surface area contributed by atoms with E-state index in [-0.39, 0.29) is 12.1 Å². The van der Waals surface area contributed by atoms with Gasteiger partial charge in [-0.15, -0.1) is 10.2 Å². The highest BCUT2D eigenvalue weighted by Gasteiger charge is 2.23. The van der Waals surface area contributed by atoms with Gasteiger partial charge in [-0.05, 0) is 31.9 Å². The largest absolute Gasteiger partial charge is 0.335 e. The zero-order valence-electron chi connectivity index (χ0n) is 11.3. The number of thioether (sulfide) groups is 1. The van der Waals surface area contributed by atoms with E-state index < -0.39 is 0 Å². The smallest absolute Gasteiger partial charge is 0.321 e. The topological polar surface area (TPSA) is 66.9 Å². The second kappa shape index (κ2) is 7.09. The average Bonchev–Trinajstić information content (AvgIpc) is 2.75. The molecule has 1 fully saturated rings. The van der Waals surface area contributed by atoms with Crippen LogP contribution in [0.4, 0.5) is 9.93 Å². The summed E-state index contributed by atoms with van der Waals surface area (Å²) >= 11 is 3.39. The van der Waals surface area contributed by atoms with Crippen LogP contribution in [0.1, 0.15) is 37.6 Å². The zero-order chi connectivity index (χ0) is 13.7. The Labute approximate surface area is 122 Å². The van der Waals surface area contributed by atoms with Crippen molar-refractivity contribution < 1.29 is 4.79 Å². The van der Waals surface area contributed by atoms with Crippen LogP contribution in [-0.4, -0.2) is 33.3 Å². The van der Waals surface area contributed by atoms with Gasteiger partial charge in [-0.25, -0.2) is 4.79 Å². The van der Waals surface area contributed by atoms with Crippen molar-refractivity contribution in [3.05, 3.63) is 5.01 Å². The molecule has 5 nitrogen and oxygen atoms in total. The first-order valence-electron chi connectivity index (χ1n) is 6.66. The van der Waals surface area contributed by atoms with Crippen molar-refractivity contribution in [1.29, 1.82) is 0 Å². The van der Waals surface area contributed by atoms with E-state index in [1.54, 1.807) is 0 Å². The van der Waals surface area contributed by atoms with Gasteiger partial charge in [0.1, 0.15) is 5.01 Å². The summed E-state index contributed by atoms with van der Waals surface area (Å²) in [5, 5.41) is 15.6. The molecular formula is C12H20N4OS2. The van der Waals surface area contributed by atoms with Gasteiger partial charge in [0.05, 0.1) is 0 Å². The summed E-state index contributed by atoms with van der Waals surface area (Å²) < 4.78 is 0. The summed E-state index contributed by atoms with van der Waals surface area (Å²) in [6, 6.07) is 0.120. The summed E-state index contributed by atoms with van der Waals surface area (Å²) in [6.45, 7) is 4.06. The second-order valence-electron chi connectivity index (χ2n) is 4.67. The third kappa shape index (κ3) is 4.65. The van der Waals surface area contributed by atoms with E-state index in [9.17, 15) is 4.79 Å². The Morgan fingerprint density at radius 3 is 3.00 bits per heavy atom. The molecule has 1 aliphatic carbocycles. The van der Waals surface area contributed by atoms with Gasteiger partial charge >= 0.3 is 6.03 Å². The van der Waals surface area contributed by atoms with E-state index in [4.69, 9.17) is 0 Å². The lowest BCUT2D eigenvalue weighted by molar-refractivity contribution is 0.244. The Bertz CT molecular complexity index is 422. The fourth-order valence-corrected chi connectivity index (χ4v) is 4.09. The minimum absolute atomic E-state index is 0.164. The van der Waals surface area contributed by atoms with Crippen LogP contribution >= 0.6 is 23.1 Å². The molecule has 0 aromatic carbocycles.